The van der Waals surface area contributed by atoms with E-state index in [0.717, 1.165) is 32.7 Å². The lowest BCUT2D eigenvalue weighted by atomic mass is 9.94. The van der Waals surface area contributed by atoms with Crippen LogP contribution in [0.3, 0.4) is 0 Å². The number of methoxy groups -OCH3 is 2. The highest BCUT2D eigenvalue weighted by atomic mass is 19.1. The smallest absolute Gasteiger partial charge is 0.262 e. The molecule has 0 saturated carbocycles. The summed E-state index contributed by atoms with van der Waals surface area (Å²) in [5.74, 6) is 0.231. The number of fused-ring (bicyclic) bond motifs is 1. The van der Waals surface area contributed by atoms with Crippen molar-refractivity contribution in [2.45, 2.75) is 101 Å². The van der Waals surface area contributed by atoms with Crippen LogP contribution in [0.4, 0.5) is 4.39 Å². The minimum absolute atomic E-state index is 0.0292. The van der Waals surface area contributed by atoms with E-state index in [-0.39, 0.29) is 57.4 Å². The molecule has 0 spiro atoms. The van der Waals surface area contributed by atoms with Crippen LogP contribution in [0.5, 0.6) is 17.2 Å². The number of imide groups is 1. The molecule has 11 atom stereocenters. The molecule has 2 amide bonds. The van der Waals surface area contributed by atoms with Gasteiger partial charge in [-0.3, -0.25) is 14.5 Å². The van der Waals surface area contributed by atoms with Crippen molar-refractivity contribution in [1.82, 2.24) is 4.90 Å². The van der Waals surface area contributed by atoms with Crippen molar-refractivity contribution in [3.05, 3.63) is 269 Å². The van der Waals surface area contributed by atoms with E-state index in [1.165, 1.54) is 0 Å². The van der Waals surface area contributed by atoms with Gasteiger partial charge in [-0.25, -0.2) is 4.39 Å². The first-order chi connectivity index (χ1) is 42.3. The second kappa shape index (κ2) is 29.3. The number of carbonyl (C=O) groups excluding carboxylic acids is 2. The lowest BCUT2D eigenvalue weighted by molar-refractivity contribution is -0.348. The Morgan fingerprint density at radius 1 is 0.419 bits per heavy atom. The Morgan fingerprint density at radius 3 is 1.27 bits per heavy atom. The van der Waals surface area contributed by atoms with Gasteiger partial charge in [0.1, 0.15) is 66.0 Å². The molecule has 0 aromatic heterocycles. The van der Waals surface area contributed by atoms with E-state index in [1.54, 1.807) is 87.0 Å². The summed E-state index contributed by atoms with van der Waals surface area (Å²) in [6, 6.07) is 67.0. The first-order valence-electron chi connectivity index (χ1n) is 28.7. The number of amides is 2. The van der Waals surface area contributed by atoms with E-state index in [9.17, 15) is 9.59 Å². The molecule has 0 radical (unpaired) electrons. The molecule has 15 nitrogen and oxygen atoms in total. The SMILES string of the molecule is COc1ccc(O[C@@H]2O[C@H](COCc3ccccc3)[C@@H](O[C@@H](O[C@H]3[C@@H](OCc4ccccc4)[C@H](OCc4ccccc4)[C@@H](COCc4ccccc4)O[C@@H]3F)c3ccc(OC)cc3)[C@H](OCc3ccccc3)[C@H]2N2C(=O)c3ccccc3C2=O)cc1. The fourth-order valence-corrected chi connectivity index (χ4v) is 10.8. The van der Waals surface area contributed by atoms with Crippen LogP contribution in [0.25, 0.3) is 0 Å². The standard InChI is InChI=1S/C70H68FNO14/c1-75-53-34-32-52(33-35-53)69(86-65-64(81-44-51-28-16-7-17-29-51)61(79-42-49-24-12-5-13-25-49)58(83-66(65)71)45-77-40-47-20-8-3-9-21-47)85-62-59(46-78-41-48-22-10-4-11-23-48)84-70(82-55-38-36-54(76-2)37-39-55)60(63(62)80-43-50-26-14-6-15-27-50)72-67(73)56-30-18-19-31-57(56)68(72)74/h3-39,58-66,69-70H,40-46H2,1-2H3/t58-,59-,60-,61-,62-,63-,64+,65+,66+,69+,70-/m1/s1. The molecule has 16 heteroatoms. The number of rotatable bonds is 27. The second-order valence-corrected chi connectivity index (χ2v) is 21.0. The maximum atomic E-state index is 17.9. The largest absolute Gasteiger partial charge is 0.497 e. The third kappa shape index (κ3) is 14.7. The molecule has 8 aromatic carbocycles. The van der Waals surface area contributed by atoms with Gasteiger partial charge in [0.25, 0.3) is 11.8 Å². The summed E-state index contributed by atoms with van der Waals surface area (Å²) in [6.45, 7) is 0.315. The molecule has 444 valence electrons. The van der Waals surface area contributed by atoms with Gasteiger partial charge in [0.05, 0.1) is 71.6 Å². The Bertz CT molecular complexity index is 3340. The van der Waals surface area contributed by atoms with Gasteiger partial charge in [-0.1, -0.05) is 176 Å². The molecular formula is C70H68FNO14. The van der Waals surface area contributed by atoms with Crippen LogP contribution >= 0.6 is 0 Å². The fraction of sp³-hybridized carbons (Fsp3) is 0.286. The number of hydrogen-bond donors (Lipinski definition) is 0. The highest BCUT2D eigenvalue weighted by Gasteiger charge is 2.57. The van der Waals surface area contributed by atoms with Crippen molar-refractivity contribution in [3.8, 4) is 17.2 Å². The molecule has 3 aliphatic heterocycles. The van der Waals surface area contributed by atoms with Gasteiger partial charge >= 0.3 is 0 Å². The number of alkyl halides is 1. The topological polar surface area (TPSA) is 148 Å². The zero-order valence-electron chi connectivity index (χ0n) is 47.7. The highest BCUT2D eigenvalue weighted by molar-refractivity contribution is 6.21. The Morgan fingerprint density at radius 2 is 0.802 bits per heavy atom. The predicted octanol–water partition coefficient (Wildman–Crippen LogP) is 11.8. The fourth-order valence-electron chi connectivity index (χ4n) is 10.8. The van der Waals surface area contributed by atoms with E-state index in [4.69, 9.17) is 56.8 Å². The summed E-state index contributed by atoms with van der Waals surface area (Å²) in [5, 5.41) is 0. The third-order valence-electron chi connectivity index (χ3n) is 15.2. The molecule has 0 aliphatic carbocycles. The van der Waals surface area contributed by atoms with Crippen LogP contribution in [-0.4, -0.2) is 106 Å². The molecule has 86 heavy (non-hydrogen) atoms. The Hall–Kier alpha value is -8.13. The van der Waals surface area contributed by atoms with Crippen molar-refractivity contribution in [3.63, 3.8) is 0 Å². The minimum atomic E-state index is -2.16. The molecule has 8 aromatic rings. The molecule has 0 bridgehead atoms. The number of ether oxygens (including phenoxy) is 12. The van der Waals surface area contributed by atoms with E-state index in [1.807, 2.05) is 152 Å². The summed E-state index contributed by atoms with van der Waals surface area (Å²) in [7, 11) is 3.11. The first kappa shape index (κ1) is 59.6. The quantitative estimate of drug-likeness (QED) is 0.0355. The molecule has 11 rings (SSSR count). The molecule has 0 N–H and O–H groups in total. The van der Waals surface area contributed by atoms with Crippen molar-refractivity contribution in [1.29, 1.82) is 0 Å². The lowest BCUT2D eigenvalue weighted by Gasteiger charge is -2.49. The van der Waals surface area contributed by atoms with Crippen molar-refractivity contribution >= 4 is 11.8 Å². The average Bonchev–Trinajstić information content (AvgIpc) is 1.98. The molecule has 3 heterocycles. The van der Waals surface area contributed by atoms with E-state index in [0.29, 0.717) is 22.8 Å². The second-order valence-electron chi connectivity index (χ2n) is 21.0. The Kier molecular flexibility index (Phi) is 20.3. The zero-order chi connectivity index (χ0) is 59.0. The molecule has 2 saturated heterocycles. The third-order valence-corrected chi connectivity index (χ3v) is 15.2. The Balaban J connectivity index is 1.02. The molecule has 3 aliphatic rings. The summed E-state index contributed by atoms with van der Waals surface area (Å²) < 4.78 is 97.6. The van der Waals surface area contributed by atoms with Gasteiger partial charge in [-0.05, 0) is 76.3 Å². The molecule has 2 fully saturated rings. The lowest BCUT2D eigenvalue weighted by Crippen LogP contribution is -2.68. The zero-order valence-corrected chi connectivity index (χ0v) is 47.7. The first-order valence-corrected chi connectivity index (χ1v) is 28.7. The summed E-state index contributed by atoms with van der Waals surface area (Å²) in [4.78, 5) is 31.1. The average molecular weight is 1170 g/mol. The normalized spacial score (nSPS) is 23.1. The van der Waals surface area contributed by atoms with E-state index >= 15 is 4.39 Å². The molecular weight excluding hydrogens is 1100 g/mol. The number of nitrogens with zero attached hydrogens (tertiary/aromatic N) is 1. The van der Waals surface area contributed by atoms with E-state index < -0.39 is 79.5 Å². The highest BCUT2D eigenvalue weighted by Crippen LogP contribution is 2.41. The molecule has 0 unspecified atom stereocenters. The monoisotopic (exact) mass is 1170 g/mol. The minimum Gasteiger partial charge on any atom is -0.497 e. The van der Waals surface area contributed by atoms with Crippen LogP contribution < -0.4 is 14.2 Å². The van der Waals surface area contributed by atoms with Crippen LogP contribution in [-0.2, 0) is 75.7 Å². The van der Waals surface area contributed by atoms with Crippen LogP contribution in [0.15, 0.2) is 224 Å². The van der Waals surface area contributed by atoms with Crippen LogP contribution in [0, 0.1) is 0 Å². The van der Waals surface area contributed by atoms with Gasteiger partial charge in [0.15, 0.2) is 6.29 Å². The number of hydrogen-bond acceptors (Lipinski definition) is 14. The number of carbonyl (C=O) groups is 2. The van der Waals surface area contributed by atoms with Gasteiger partial charge in [0, 0.05) is 5.56 Å². The summed E-state index contributed by atoms with van der Waals surface area (Å²) >= 11 is 0. The summed E-state index contributed by atoms with van der Waals surface area (Å²) in [6.07, 6.45) is -13.5. The van der Waals surface area contributed by atoms with Crippen molar-refractivity contribution in [2.24, 2.45) is 0 Å². The van der Waals surface area contributed by atoms with Gasteiger partial charge < -0.3 is 56.8 Å². The van der Waals surface area contributed by atoms with Crippen LogP contribution in [0.2, 0.25) is 0 Å². The van der Waals surface area contributed by atoms with Gasteiger partial charge in [-0.2, -0.15) is 0 Å². The van der Waals surface area contributed by atoms with Crippen molar-refractivity contribution in [2.75, 3.05) is 27.4 Å². The van der Waals surface area contributed by atoms with Gasteiger partial charge in [-0.15, -0.1) is 0 Å². The van der Waals surface area contributed by atoms with E-state index in [2.05, 4.69) is 0 Å². The van der Waals surface area contributed by atoms with Crippen molar-refractivity contribution < 1.29 is 70.8 Å². The summed E-state index contributed by atoms with van der Waals surface area (Å²) in [5.41, 5.74) is 5.04. The maximum absolute atomic E-state index is 17.9. The van der Waals surface area contributed by atoms with Crippen LogP contribution in [0.1, 0.15) is 60.4 Å². The maximum Gasteiger partial charge on any atom is 0.262 e. The number of halogens is 1. The Labute approximate surface area is 499 Å². The predicted molar refractivity (Wildman–Crippen MR) is 316 cm³/mol. The number of benzene rings is 8. The van der Waals surface area contributed by atoms with Gasteiger partial charge in [0.2, 0.25) is 12.6 Å².